The summed E-state index contributed by atoms with van der Waals surface area (Å²) in [4.78, 5) is 18.8. The predicted molar refractivity (Wildman–Crippen MR) is 104 cm³/mol. The third kappa shape index (κ3) is 2.95. The summed E-state index contributed by atoms with van der Waals surface area (Å²) >= 11 is 1.08. The van der Waals surface area contributed by atoms with E-state index in [1.165, 1.54) is 30.3 Å². The number of halogens is 3. The molecule has 0 saturated carbocycles. The van der Waals surface area contributed by atoms with E-state index in [0.717, 1.165) is 17.4 Å². The lowest BCUT2D eigenvalue weighted by Gasteiger charge is -2.33. The Morgan fingerprint density at radius 1 is 1.07 bits per heavy atom. The lowest BCUT2D eigenvalue weighted by atomic mass is 10.1. The summed E-state index contributed by atoms with van der Waals surface area (Å²) in [5.74, 6) is -0.977. The highest BCUT2D eigenvalue weighted by Crippen LogP contribution is 2.34. The Morgan fingerprint density at radius 3 is 2.60 bits per heavy atom. The zero-order valence-electron chi connectivity index (χ0n) is 15.6. The molecule has 1 aliphatic heterocycles. The molecule has 3 heterocycles. The minimum absolute atomic E-state index is 0.224. The molecule has 1 amide bonds. The van der Waals surface area contributed by atoms with Crippen molar-refractivity contribution in [1.29, 1.82) is 0 Å². The van der Waals surface area contributed by atoms with Crippen LogP contribution in [0.25, 0.3) is 21.0 Å². The lowest BCUT2D eigenvalue weighted by Crippen LogP contribution is -2.41. The Labute approximate surface area is 172 Å². The summed E-state index contributed by atoms with van der Waals surface area (Å²) in [7, 11) is 0. The van der Waals surface area contributed by atoms with E-state index in [9.17, 15) is 18.0 Å². The molecule has 10 heteroatoms. The summed E-state index contributed by atoms with van der Waals surface area (Å²) < 4.78 is 42.8. The van der Waals surface area contributed by atoms with Crippen LogP contribution in [-0.4, -0.2) is 37.1 Å². The van der Waals surface area contributed by atoms with Crippen LogP contribution >= 0.6 is 11.3 Å². The van der Waals surface area contributed by atoms with Gasteiger partial charge in [-0.25, -0.2) is 18.2 Å². The summed E-state index contributed by atoms with van der Waals surface area (Å²) in [6.07, 6.45) is 0. The van der Waals surface area contributed by atoms with E-state index >= 15 is 0 Å². The third-order valence-electron chi connectivity index (χ3n) is 5.14. The monoisotopic (exact) mass is 429 g/mol. The van der Waals surface area contributed by atoms with Crippen molar-refractivity contribution in [3.8, 4) is 10.8 Å². The second-order valence-electron chi connectivity index (χ2n) is 6.97. The van der Waals surface area contributed by atoms with Gasteiger partial charge in [-0.15, -0.1) is 21.5 Å². The Morgan fingerprint density at radius 2 is 1.83 bits per heavy atom. The maximum Gasteiger partial charge on any atom is 0.254 e. The highest BCUT2D eigenvalue weighted by Gasteiger charge is 2.32. The predicted octanol–water partition coefficient (Wildman–Crippen LogP) is 4.19. The number of amides is 1. The van der Waals surface area contributed by atoms with Crippen molar-refractivity contribution in [1.82, 2.24) is 24.6 Å². The van der Waals surface area contributed by atoms with E-state index in [2.05, 4.69) is 15.2 Å². The molecule has 30 heavy (non-hydrogen) atoms. The van der Waals surface area contributed by atoms with E-state index in [-0.39, 0.29) is 22.2 Å². The zero-order chi connectivity index (χ0) is 21.0. The smallest absolute Gasteiger partial charge is 0.254 e. The van der Waals surface area contributed by atoms with Crippen molar-refractivity contribution in [2.75, 3.05) is 6.54 Å². The quantitative estimate of drug-likeness (QED) is 0.479. The van der Waals surface area contributed by atoms with Gasteiger partial charge in [0.1, 0.15) is 17.5 Å². The van der Waals surface area contributed by atoms with Crippen LogP contribution in [0.15, 0.2) is 36.4 Å². The van der Waals surface area contributed by atoms with Crippen molar-refractivity contribution < 1.29 is 18.0 Å². The minimum atomic E-state index is -0.691. The summed E-state index contributed by atoms with van der Waals surface area (Å²) in [5, 5.41) is 8.85. The highest BCUT2D eigenvalue weighted by molar-refractivity contribution is 7.21. The summed E-state index contributed by atoms with van der Waals surface area (Å²) in [6.45, 7) is 2.64. The standard InChI is InChI=1S/C20H14F3N5OS/c1-10-17-25-26-18(19-24-15-9-13(22)8-14(23)16(15)30-19)28(17)7-6-27(10)20(29)11-2-4-12(21)5-3-11/h2-5,8-10H,6-7H2,1H3. The fraction of sp³-hybridized carbons (Fsp3) is 0.200. The van der Waals surface area contributed by atoms with E-state index < -0.39 is 17.5 Å². The first-order valence-corrected chi connectivity index (χ1v) is 9.99. The van der Waals surface area contributed by atoms with Gasteiger partial charge in [0.2, 0.25) is 0 Å². The summed E-state index contributed by atoms with van der Waals surface area (Å²) in [5.41, 5.74) is 0.613. The number of hydrogen-bond donors (Lipinski definition) is 0. The number of aromatic nitrogens is 4. The average Bonchev–Trinajstić information content (AvgIpc) is 3.33. The van der Waals surface area contributed by atoms with Gasteiger partial charge in [-0.1, -0.05) is 0 Å². The van der Waals surface area contributed by atoms with Gasteiger partial charge in [0.15, 0.2) is 16.7 Å². The van der Waals surface area contributed by atoms with Crippen molar-refractivity contribution in [3.63, 3.8) is 0 Å². The van der Waals surface area contributed by atoms with Crippen LogP contribution in [-0.2, 0) is 6.54 Å². The van der Waals surface area contributed by atoms with Gasteiger partial charge < -0.3 is 9.47 Å². The van der Waals surface area contributed by atoms with E-state index in [0.29, 0.717) is 35.3 Å². The number of carbonyl (C=O) groups is 1. The van der Waals surface area contributed by atoms with E-state index in [1.807, 2.05) is 11.5 Å². The van der Waals surface area contributed by atoms with Gasteiger partial charge >= 0.3 is 0 Å². The van der Waals surface area contributed by atoms with Crippen LogP contribution in [0.4, 0.5) is 13.2 Å². The van der Waals surface area contributed by atoms with Gasteiger partial charge in [-0.05, 0) is 31.2 Å². The molecule has 0 bridgehead atoms. The number of rotatable bonds is 2. The molecule has 0 fully saturated rings. The molecule has 0 spiro atoms. The Kier molecular flexibility index (Phi) is 4.31. The number of fused-ring (bicyclic) bond motifs is 2. The molecule has 1 aliphatic rings. The van der Waals surface area contributed by atoms with E-state index in [4.69, 9.17) is 0 Å². The van der Waals surface area contributed by atoms with Gasteiger partial charge in [-0.3, -0.25) is 4.79 Å². The molecule has 152 valence electrons. The molecule has 0 radical (unpaired) electrons. The fourth-order valence-electron chi connectivity index (χ4n) is 3.63. The number of hydrogen-bond acceptors (Lipinski definition) is 5. The molecule has 0 saturated heterocycles. The molecule has 0 aliphatic carbocycles. The topological polar surface area (TPSA) is 63.9 Å². The van der Waals surface area contributed by atoms with Crippen LogP contribution in [0.1, 0.15) is 29.1 Å². The van der Waals surface area contributed by atoms with Gasteiger partial charge in [0.05, 0.1) is 16.3 Å². The SMILES string of the molecule is CC1c2nnc(-c3nc4cc(F)cc(F)c4s3)n2CCN1C(=O)c1ccc(F)cc1. The Balaban J connectivity index is 1.49. The first kappa shape index (κ1) is 18.7. The van der Waals surface area contributed by atoms with Crippen LogP contribution in [0.2, 0.25) is 0 Å². The maximum absolute atomic E-state index is 14.0. The molecule has 1 unspecified atom stereocenters. The molecular formula is C20H14F3N5OS. The Bertz CT molecular complexity index is 1280. The normalized spacial score (nSPS) is 16.1. The lowest BCUT2D eigenvalue weighted by molar-refractivity contribution is 0.0638. The van der Waals surface area contributed by atoms with Crippen molar-refractivity contribution in [2.24, 2.45) is 0 Å². The maximum atomic E-state index is 14.0. The van der Waals surface area contributed by atoms with Gasteiger partial charge in [0, 0.05) is 30.8 Å². The Hall–Kier alpha value is -3.27. The van der Waals surface area contributed by atoms with Crippen LogP contribution < -0.4 is 0 Å². The second-order valence-corrected chi connectivity index (χ2v) is 7.97. The first-order valence-electron chi connectivity index (χ1n) is 9.18. The number of thiazole rings is 1. The van der Waals surface area contributed by atoms with Crippen molar-refractivity contribution in [3.05, 3.63) is 65.2 Å². The zero-order valence-corrected chi connectivity index (χ0v) is 16.5. The number of nitrogens with zero attached hydrogens (tertiary/aromatic N) is 5. The van der Waals surface area contributed by atoms with Gasteiger partial charge in [-0.2, -0.15) is 0 Å². The molecule has 4 aromatic rings. The molecule has 2 aromatic carbocycles. The van der Waals surface area contributed by atoms with Crippen molar-refractivity contribution in [2.45, 2.75) is 19.5 Å². The third-order valence-corrected chi connectivity index (χ3v) is 6.21. The second kappa shape index (κ2) is 6.91. The largest absolute Gasteiger partial charge is 0.327 e. The molecule has 1 atom stereocenters. The molecule has 2 aromatic heterocycles. The molecule has 5 rings (SSSR count). The van der Waals surface area contributed by atoms with Gasteiger partial charge in [0.25, 0.3) is 5.91 Å². The van der Waals surface area contributed by atoms with Crippen LogP contribution in [0, 0.1) is 17.5 Å². The fourth-order valence-corrected chi connectivity index (χ4v) is 4.58. The molecule has 6 nitrogen and oxygen atoms in total. The highest BCUT2D eigenvalue weighted by atomic mass is 32.1. The number of carbonyl (C=O) groups excluding carboxylic acids is 1. The first-order chi connectivity index (χ1) is 14.4. The number of benzene rings is 2. The van der Waals surface area contributed by atoms with Crippen LogP contribution in [0.5, 0.6) is 0 Å². The van der Waals surface area contributed by atoms with Crippen LogP contribution in [0.3, 0.4) is 0 Å². The minimum Gasteiger partial charge on any atom is -0.327 e. The van der Waals surface area contributed by atoms with Crippen molar-refractivity contribution >= 4 is 27.5 Å². The summed E-state index contributed by atoms with van der Waals surface area (Å²) in [6, 6.07) is 7.02. The molecule has 0 N–H and O–H groups in total. The average molecular weight is 429 g/mol. The van der Waals surface area contributed by atoms with E-state index in [1.54, 1.807) is 4.90 Å². The molecular weight excluding hydrogens is 415 g/mol.